The number of benzene rings is 1. The number of rotatable bonds is 5. The van der Waals surface area contributed by atoms with Gasteiger partial charge in [-0.05, 0) is 35.5 Å². The van der Waals surface area contributed by atoms with Crippen LogP contribution in [0.3, 0.4) is 0 Å². The fraction of sp³-hybridized carbons (Fsp3) is 0.267. The second-order valence-electron chi connectivity index (χ2n) is 4.70. The van der Waals surface area contributed by atoms with Crippen molar-refractivity contribution in [1.29, 1.82) is 0 Å². The van der Waals surface area contributed by atoms with Crippen molar-refractivity contribution >= 4 is 46.5 Å². The van der Waals surface area contributed by atoms with E-state index in [2.05, 4.69) is 4.99 Å². The number of carbonyl (C=O) groups excluding carboxylic acids is 1. The Hall–Kier alpha value is -2.19. The Balaban J connectivity index is 2.36. The Bertz CT molecular complexity index is 748. The molecule has 1 saturated heterocycles. The summed E-state index contributed by atoms with van der Waals surface area (Å²) in [6, 6.07) is 3.19. The summed E-state index contributed by atoms with van der Waals surface area (Å²) in [6.07, 6.45) is 1.66. The lowest BCUT2D eigenvalue weighted by molar-refractivity contribution is -0.139. The second-order valence-corrected chi connectivity index (χ2v) is 6.11. The molecule has 128 valence electrons. The molecule has 1 aromatic carbocycles. The minimum absolute atomic E-state index is 0.141. The van der Waals surface area contributed by atoms with Gasteiger partial charge in [0.15, 0.2) is 23.3 Å². The highest BCUT2D eigenvalue weighted by atomic mass is 35.5. The highest BCUT2D eigenvalue weighted by Gasteiger charge is 2.29. The lowest BCUT2D eigenvalue weighted by Gasteiger charge is -2.12. The number of amidine groups is 1. The molecule has 2 rings (SSSR count). The number of aliphatic carboxylic acids is 1. The Labute approximate surface area is 147 Å². The molecule has 0 bridgehead atoms. The molecule has 0 saturated carbocycles. The Kier molecular flexibility index (Phi) is 5.74. The molecule has 9 heteroatoms. The molecular weight excluding hydrogens is 356 g/mol. The molecule has 0 spiro atoms. The first-order chi connectivity index (χ1) is 11.4. The SMILES string of the molecule is CN=C1S/C(=C/c2cc(Cl)c(OCC(=O)O)c(OC)c2)C(=O)N1C. The van der Waals surface area contributed by atoms with Crippen LogP contribution in [0.4, 0.5) is 0 Å². The van der Waals surface area contributed by atoms with Crippen molar-refractivity contribution in [3.8, 4) is 11.5 Å². The van der Waals surface area contributed by atoms with E-state index in [4.69, 9.17) is 26.2 Å². The molecule has 7 nitrogen and oxygen atoms in total. The van der Waals surface area contributed by atoms with Gasteiger partial charge in [-0.15, -0.1) is 0 Å². The first kappa shape index (κ1) is 18.2. The summed E-state index contributed by atoms with van der Waals surface area (Å²) in [7, 11) is 4.68. The number of likely N-dealkylation sites (N-methyl/N-ethyl adjacent to an activating group) is 1. The van der Waals surface area contributed by atoms with Gasteiger partial charge in [0.1, 0.15) is 0 Å². The summed E-state index contributed by atoms with van der Waals surface area (Å²) in [5.74, 6) is -0.866. The van der Waals surface area contributed by atoms with Gasteiger partial charge in [-0.2, -0.15) is 0 Å². The topological polar surface area (TPSA) is 88.4 Å². The van der Waals surface area contributed by atoms with Crippen molar-refractivity contribution in [3.05, 3.63) is 27.6 Å². The van der Waals surface area contributed by atoms with E-state index in [-0.39, 0.29) is 22.4 Å². The maximum absolute atomic E-state index is 12.2. The van der Waals surface area contributed by atoms with Crippen LogP contribution in [-0.2, 0) is 9.59 Å². The number of hydrogen-bond acceptors (Lipinski definition) is 6. The van der Waals surface area contributed by atoms with E-state index in [0.717, 1.165) is 0 Å². The van der Waals surface area contributed by atoms with E-state index in [9.17, 15) is 9.59 Å². The molecule has 1 aromatic rings. The summed E-state index contributed by atoms with van der Waals surface area (Å²) >= 11 is 7.40. The van der Waals surface area contributed by atoms with Crippen molar-refractivity contribution in [3.63, 3.8) is 0 Å². The number of halogens is 1. The molecule has 1 aliphatic heterocycles. The molecular formula is C15H15ClN2O5S. The van der Waals surface area contributed by atoms with E-state index in [1.54, 1.807) is 32.3 Å². The van der Waals surface area contributed by atoms with Crippen LogP contribution in [-0.4, -0.2) is 54.9 Å². The summed E-state index contributed by atoms with van der Waals surface area (Å²) in [5.41, 5.74) is 0.626. The Morgan fingerprint density at radius 3 is 2.75 bits per heavy atom. The lowest BCUT2D eigenvalue weighted by atomic mass is 10.2. The van der Waals surface area contributed by atoms with Crippen molar-refractivity contribution in [2.75, 3.05) is 27.8 Å². The number of ether oxygens (including phenoxy) is 2. The zero-order chi connectivity index (χ0) is 17.9. The normalized spacial score (nSPS) is 17.7. The maximum Gasteiger partial charge on any atom is 0.341 e. The third-order valence-corrected chi connectivity index (χ3v) is 4.52. The van der Waals surface area contributed by atoms with Gasteiger partial charge < -0.3 is 14.6 Å². The highest BCUT2D eigenvalue weighted by Crippen LogP contribution is 2.38. The van der Waals surface area contributed by atoms with Gasteiger partial charge in [0.25, 0.3) is 5.91 Å². The quantitative estimate of drug-likeness (QED) is 0.800. The molecule has 0 aromatic heterocycles. The van der Waals surface area contributed by atoms with Crippen LogP contribution < -0.4 is 9.47 Å². The third-order valence-electron chi connectivity index (χ3n) is 3.08. The second kappa shape index (κ2) is 7.59. The van der Waals surface area contributed by atoms with Gasteiger partial charge in [0.2, 0.25) is 0 Å². The predicted molar refractivity (Wildman–Crippen MR) is 92.8 cm³/mol. The van der Waals surface area contributed by atoms with Gasteiger partial charge in [-0.25, -0.2) is 4.79 Å². The minimum atomic E-state index is -1.12. The number of nitrogens with zero attached hydrogens (tertiary/aromatic N) is 2. The summed E-state index contributed by atoms with van der Waals surface area (Å²) in [5, 5.41) is 9.49. The highest BCUT2D eigenvalue weighted by molar-refractivity contribution is 8.18. The molecule has 1 heterocycles. The van der Waals surface area contributed by atoms with Gasteiger partial charge >= 0.3 is 5.97 Å². The molecule has 0 unspecified atom stereocenters. The average Bonchev–Trinajstić information content (AvgIpc) is 2.81. The van der Waals surface area contributed by atoms with Crippen LogP contribution in [0.2, 0.25) is 5.02 Å². The van der Waals surface area contributed by atoms with Crippen LogP contribution in [0, 0.1) is 0 Å². The van der Waals surface area contributed by atoms with Gasteiger partial charge in [0.05, 0.1) is 17.0 Å². The number of hydrogen-bond donors (Lipinski definition) is 1. The molecule has 0 aliphatic carbocycles. The maximum atomic E-state index is 12.2. The van der Waals surface area contributed by atoms with Crippen LogP contribution >= 0.6 is 23.4 Å². The van der Waals surface area contributed by atoms with Gasteiger partial charge in [-0.1, -0.05) is 11.6 Å². The molecule has 1 aliphatic rings. The Morgan fingerprint density at radius 2 is 2.21 bits per heavy atom. The van der Waals surface area contributed by atoms with E-state index in [1.165, 1.54) is 23.8 Å². The molecule has 0 radical (unpaired) electrons. The van der Waals surface area contributed by atoms with Crippen molar-refractivity contribution in [2.24, 2.45) is 4.99 Å². The molecule has 1 N–H and O–H groups in total. The van der Waals surface area contributed by atoms with E-state index in [1.807, 2.05) is 0 Å². The minimum Gasteiger partial charge on any atom is -0.493 e. The predicted octanol–water partition coefficient (Wildman–Crippen LogP) is 2.34. The zero-order valence-corrected chi connectivity index (χ0v) is 14.8. The fourth-order valence-corrected chi connectivity index (χ4v) is 3.20. The van der Waals surface area contributed by atoms with E-state index < -0.39 is 12.6 Å². The van der Waals surface area contributed by atoms with Gasteiger partial charge in [-0.3, -0.25) is 14.7 Å². The fourth-order valence-electron chi connectivity index (χ4n) is 2.00. The monoisotopic (exact) mass is 370 g/mol. The molecule has 0 atom stereocenters. The van der Waals surface area contributed by atoms with Crippen molar-refractivity contribution in [1.82, 2.24) is 4.90 Å². The van der Waals surface area contributed by atoms with Crippen LogP contribution in [0.1, 0.15) is 5.56 Å². The Morgan fingerprint density at radius 1 is 1.50 bits per heavy atom. The molecule has 24 heavy (non-hydrogen) atoms. The third kappa shape index (κ3) is 3.82. The average molecular weight is 371 g/mol. The lowest BCUT2D eigenvalue weighted by Crippen LogP contribution is -2.23. The standard InChI is InChI=1S/C15H15ClN2O5S/c1-17-15-18(2)14(21)11(24-15)6-8-4-9(16)13(10(5-8)22-3)23-7-12(19)20/h4-6H,7H2,1-3H3,(H,19,20)/b11-6+,17-15?. The molecule has 1 amide bonds. The number of methoxy groups -OCH3 is 1. The van der Waals surface area contributed by atoms with Crippen molar-refractivity contribution in [2.45, 2.75) is 0 Å². The number of amides is 1. The first-order valence-electron chi connectivity index (χ1n) is 6.74. The van der Waals surface area contributed by atoms with Crippen LogP contribution in [0.25, 0.3) is 6.08 Å². The molecule has 1 fully saturated rings. The smallest absolute Gasteiger partial charge is 0.341 e. The van der Waals surface area contributed by atoms with Gasteiger partial charge in [0, 0.05) is 14.1 Å². The zero-order valence-electron chi connectivity index (χ0n) is 13.2. The number of carboxylic acids is 1. The largest absolute Gasteiger partial charge is 0.493 e. The van der Waals surface area contributed by atoms with E-state index >= 15 is 0 Å². The van der Waals surface area contributed by atoms with Crippen LogP contribution in [0.15, 0.2) is 22.0 Å². The van der Waals surface area contributed by atoms with Crippen molar-refractivity contribution < 1.29 is 24.2 Å². The number of carboxylic acid groups (broad SMARTS) is 1. The number of aliphatic imine (C=N–C) groups is 1. The summed E-state index contributed by atoms with van der Waals surface area (Å²) in [6.45, 7) is -0.536. The van der Waals surface area contributed by atoms with Crippen LogP contribution in [0.5, 0.6) is 11.5 Å². The van der Waals surface area contributed by atoms with E-state index in [0.29, 0.717) is 15.6 Å². The number of carbonyl (C=O) groups is 2. The first-order valence-corrected chi connectivity index (χ1v) is 7.93. The summed E-state index contributed by atoms with van der Waals surface area (Å²) in [4.78, 5) is 28.8. The number of thioether (sulfide) groups is 1. The summed E-state index contributed by atoms with van der Waals surface area (Å²) < 4.78 is 10.3.